The van der Waals surface area contributed by atoms with Gasteiger partial charge in [-0.2, -0.15) is 0 Å². The van der Waals surface area contributed by atoms with Gasteiger partial charge in [0.1, 0.15) is 0 Å². The minimum atomic E-state index is -1.66. The molecule has 41 heavy (non-hydrogen) atoms. The van der Waals surface area contributed by atoms with Crippen molar-refractivity contribution in [3.05, 3.63) is 89.5 Å². The van der Waals surface area contributed by atoms with Crippen molar-refractivity contribution in [2.75, 3.05) is 35.3 Å². The average molecular weight is 559 g/mol. The molecule has 4 rings (SSSR count). The number of urea groups is 1. The predicted molar refractivity (Wildman–Crippen MR) is 160 cm³/mol. The fourth-order valence-electron chi connectivity index (χ4n) is 4.98. The summed E-state index contributed by atoms with van der Waals surface area (Å²) in [7, 11) is 0. The Kier molecular flexibility index (Phi) is 9.75. The van der Waals surface area contributed by atoms with Crippen molar-refractivity contribution in [1.29, 1.82) is 0 Å². The number of nitrogens with zero attached hydrogens (tertiary/aromatic N) is 1. The first kappa shape index (κ1) is 29.8. The van der Waals surface area contributed by atoms with Crippen LogP contribution in [0.4, 0.5) is 21.9 Å². The standard InChI is InChI=1S/C32H38N4O5/c1-5-23-14-18-24(19-15-23)33-28(37)20-32(35-31(39)34-25-16-12-22(4)13-17-25)26-10-8-9-11-27(26)36(30(32)38)21-29(40-6-2)41-7-3/h8-19,29H,5-7,20-21H2,1-4H3,(H,33,37)(H2,34,35,39). The predicted octanol–water partition coefficient (Wildman–Crippen LogP) is 5.35. The molecular weight excluding hydrogens is 520 g/mol. The summed E-state index contributed by atoms with van der Waals surface area (Å²) in [6.45, 7) is 8.61. The van der Waals surface area contributed by atoms with Gasteiger partial charge < -0.3 is 30.3 Å². The number of para-hydroxylation sites is 1. The molecule has 0 saturated heterocycles. The van der Waals surface area contributed by atoms with Gasteiger partial charge in [0.25, 0.3) is 5.91 Å². The lowest BCUT2D eigenvalue weighted by atomic mass is 9.87. The molecule has 3 aromatic carbocycles. The maximum Gasteiger partial charge on any atom is 0.320 e. The topological polar surface area (TPSA) is 109 Å². The van der Waals surface area contributed by atoms with E-state index in [-0.39, 0.29) is 13.0 Å². The third kappa shape index (κ3) is 6.93. The number of amides is 4. The number of nitrogens with one attached hydrogen (secondary N) is 3. The number of rotatable bonds is 12. The van der Waals surface area contributed by atoms with Crippen molar-refractivity contribution >= 4 is 34.9 Å². The van der Waals surface area contributed by atoms with Crippen LogP contribution in [-0.4, -0.2) is 43.9 Å². The van der Waals surface area contributed by atoms with E-state index in [0.717, 1.165) is 17.5 Å². The van der Waals surface area contributed by atoms with Gasteiger partial charge in [0.15, 0.2) is 11.8 Å². The average Bonchev–Trinajstić information content (AvgIpc) is 3.17. The Morgan fingerprint density at radius 3 is 2.10 bits per heavy atom. The van der Waals surface area contributed by atoms with Crippen LogP contribution < -0.4 is 20.9 Å². The van der Waals surface area contributed by atoms with Gasteiger partial charge in [-0.05, 0) is 63.1 Å². The molecule has 1 unspecified atom stereocenters. The lowest BCUT2D eigenvalue weighted by Gasteiger charge is -2.30. The van der Waals surface area contributed by atoms with Crippen molar-refractivity contribution in [1.82, 2.24) is 5.32 Å². The van der Waals surface area contributed by atoms with Crippen molar-refractivity contribution in [3.8, 4) is 0 Å². The van der Waals surface area contributed by atoms with E-state index < -0.39 is 29.7 Å². The van der Waals surface area contributed by atoms with E-state index in [1.54, 1.807) is 30.3 Å². The Balaban J connectivity index is 1.68. The van der Waals surface area contributed by atoms with Gasteiger partial charge in [-0.1, -0.05) is 55.0 Å². The minimum Gasteiger partial charge on any atom is -0.351 e. The highest BCUT2D eigenvalue weighted by molar-refractivity contribution is 6.12. The highest BCUT2D eigenvalue weighted by Gasteiger charge is 2.53. The molecule has 0 aliphatic carbocycles. The van der Waals surface area contributed by atoms with E-state index in [2.05, 4.69) is 22.9 Å². The van der Waals surface area contributed by atoms with Crippen molar-refractivity contribution in [2.24, 2.45) is 0 Å². The molecule has 0 saturated carbocycles. The van der Waals surface area contributed by atoms with Crippen molar-refractivity contribution in [2.45, 2.75) is 52.4 Å². The zero-order valence-electron chi connectivity index (χ0n) is 24.0. The normalized spacial score (nSPS) is 16.0. The molecule has 0 bridgehead atoms. The molecule has 0 fully saturated rings. The monoisotopic (exact) mass is 558 g/mol. The highest BCUT2D eigenvalue weighted by atomic mass is 16.7. The number of ether oxygens (including phenoxy) is 2. The Labute approximate surface area is 241 Å². The van der Waals surface area contributed by atoms with Crippen LogP contribution in [0.1, 0.15) is 43.9 Å². The van der Waals surface area contributed by atoms with Crippen LogP contribution in [0.15, 0.2) is 72.8 Å². The van der Waals surface area contributed by atoms with Crippen molar-refractivity contribution < 1.29 is 23.9 Å². The summed E-state index contributed by atoms with van der Waals surface area (Å²) in [5, 5.41) is 8.57. The maximum atomic E-state index is 14.3. The zero-order valence-corrected chi connectivity index (χ0v) is 24.0. The molecule has 0 radical (unpaired) electrons. The molecule has 4 amide bonds. The van der Waals surface area contributed by atoms with E-state index in [1.165, 1.54) is 4.90 Å². The molecule has 1 atom stereocenters. The Hall–Kier alpha value is -4.21. The number of carbonyl (C=O) groups is 3. The summed E-state index contributed by atoms with van der Waals surface area (Å²) in [5.74, 6) is -0.861. The van der Waals surface area contributed by atoms with Crippen LogP contribution >= 0.6 is 0 Å². The number of carbonyl (C=O) groups excluding carboxylic acids is 3. The molecule has 0 aromatic heterocycles. The lowest BCUT2D eigenvalue weighted by molar-refractivity contribution is -0.138. The number of anilines is 3. The van der Waals surface area contributed by atoms with E-state index in [4.69, 9.17) is 9.47 Å². The molecule has 1 aliphatic heterocycles. The largest absolute Gasteiger partial charge is 0.351 e. The minimum absolute atomic E-state index is 0.0979. The van der Waals surface area contributed by atoms with Crippen LogP contribution in [0.3, 0.4) is 0 Å². The molecule has 9 heteroatoms. The fraction of sp³-hybridized carbons (Fsp3) is 0.344. The van der Waals surface area contributed by atoms with Gasteiger partial charge >= 0.3 is 6.03 Å². The Bertz CT molecular complexity index is 1350. The third-order valence-corrected chi connectivity index (χ3v) is 7.01. The van der Waals surface area contributed by atoms with E-state index in [1.807, 2.05) is 63.2 Å². The SMILES string of the molecule is CCOC(CN1C(=O)C(CC(=O)Nc2ccc(CC)cc2)(NC(=O)Nc2ccc(C)cc2)c2ccccc21)OCC. The second kappa shape index (κ2) is 13.4. The summed E-state index contributed by atoms with van der Waals surface area (Å²) in [6.07, 6.45) is -0.113. The van der Waals surface area contributed by atoms with Gasteiger partial charge in [-0.15, -0.1) is 0 Å². The first-order chi connectivity index (χ1) is 19.8. The van der Waals surface area contributed by atoms with Crippen LogP contribution in [0.2, 0.25) is 0 Å². The van der Waals surface area contributed by atoms with Gasteiger partial charge in [0.2, 0.25) is 5.91 Å². The quantitative estimate of drug-likeness (QED) is 0.260. The van der Waals surface area contributed by atoms with Gasteiger partial charge in [0, 0.05) is 30.2 Å². The second-order valence-electron chi connectivity index (χ2n) is 9.90. The van der Waals surface area contributed by atoms with Crippen LogP contribution in [0, 0.1) is 6.92 Å². The van der Waals surface area contributed by atoms with Crippen molar-refractivity contribution in [3.63, 3.8) is 0 Å². The molecule has 1 aliphatic rings. The Morgan fingerprint density at radius 2 is 1.46 bits per heavy atom. The van der Waals surface area contributed by atoms with Gasteiger partial charge in [0.05, 0.1) is 18.7 Å². The van der Waals surface area contributed by atoms with Gasteiger partial charge in [-0.3, -0.25) is 9.59 Å². The molecular formula is C32H38N4O5. The molecule has 0 spiro atoms. The summed E-state index contributed by atoms with van der Waals surface area (Å²) in [5.41, 5.74) is 2.79. The molecule has 3 aromatic rings. The van der Waals surface area contributed by atoms with Crippen LogP contribution in [0.5, 0.6) is 0 Å². The maximum absolute atomic E-state index is 14.3. The lowest BCUT2D eigenvalue weighted by Crippen LogP contribution is -2.56. The Morgan fingerprint density at radius 1 is 0.854 bits per heavy atom. The summed E-state index contributed by atoms with van der Waals surface area (Å²) >= 11 is 0. The zero-order chi connectivity index (χ0) is 29.4. The second-order valence-corrected chi connectivity index (χ2v) is 9.90. The number of benzene rings is 3. The van der Waals surface area contributed by atoms with Crippen LogP contribution in [0.25, 0.3) is 0 Å². The molecule has 9 nitrogen and oxygen atoms in total. The number of hydrogen-bond acceptors (Lipinski definition) is 5. The highest BCUT2D eigenvalue weighted by Crippen LogP contribution is 2.43. The van der Waals surface area contributed by atoms with Gasteiger partial charge in [-0.25, -0.2) is 4.79 Å². The van der Waals surface area contributed by atoms with E-state index in [9.17, 15) is 14.4 Å². The molecule has 1 heterocycles. The number of fused-ring (bicyclic) bond motifs is 1. The first-order valence-corrected chi connectivity index (χ1v) is 14.0. The fourth-order valence-corrected chi connectivity index (χ4v) is 4.98. The number of hydrogen-bond donors (Lipinski definition) is 3. The van der Waals surface area contributed by atoms with E-state index in [0.29, 0.717) is 35.8 Å². The smallest absolute Gasteiger partial charge is 0.320 e. The first-order valence-electron chi connectivity index (χ1n) is 14.0. The molecule has 216 valence electrons. The van der Waals surface area contributed by atoms with Crippen LogP contribution in [-0.2, 0) is 31.0 Å². The summed E-state index contributed by atoms with van der Waals surface area (Å²) < 4.78 is 11.5. The number of aryl methyl sites for hydroxylation is 2. The van der Waals surface area contributed by atoms with E-state index >= 15 is 0 Å². The third-order valence-electron chi connectivity index (χ3n) is 7.01. The summed E-state index contributed by atoms with van der Waals surface area (Å²) in [4.78, 5) is 42.7. The summed E-state index contributed by atoms with van der Waals surface area (Å²) in [6, 6.07) is 21.4. The molecule has 3 N–H and O–H groups in total.